The van der Waals surface area contributed by atoms with Crippen molar-refractivity contribution in [2.75, 3.05) is 0 Å². The normalized spacial score (nSPS) is 11.6. The molecule has 3 nitrogen and oxygen atoms in total. The highest BCUT2D eigenvalue weighted by Gasteiger charge is 2.13. The fourth-order valence-corrected chi connectivity index (χ4v) is 3.27. The Balaban J connectivity index is 2.30. The number of ketones is 1. The SMILES string of the molecule is CC(=O)CC(=NN(Cc1ccccc1)[SiH](C)C)c1ccccc1. The number of hydrogen-bond acceptors (Lipinski definition) is 3. The summed E-state index contributed by atoms with van der Waals surface area (Å²) in [6.45, 7) is 6.91. The summed E-state index contributed by atoms with van der Waals surface area (Å²) >= 11 is 0. The Morgan fingerprint density at radius 1 is 1.00 bits per heavy atom. The van der Waals surface area contributed by atoms with Crippen molar-refractivity contribution in [2.45, 2.75) is 33.0 Å². The van der Waals surface area contributed by atoms with Crippen LogP contribution >= 0.6 is 0 Å². The van der Waals surface area contributed by atoms with Crippen molar-refractivity contribution in [1.82, 2.24) is 4.67 Å². The standard InChI is InChI=1S/C19H24N2OSi/c1-16(22)14-19(18-12-8-5-9-13-18)20-21(23(2)3)15-17-10-6-4-7-11-17/h4-13,23H,14-15H2,1-3H3. The maximum atomic E-state index is 11.6. The van der Waals surface area contributed by atoms with Crippen LogP contribution in [0.2, 0.25) is 13.1 Å². The van der Waals surface area contributed by atoms with E-state index in [-0.39, 0.29) is 5.78 Å². The molecule has 0 radical (unpaired) electrons. The van der Waals surface area contributed by atoms with Crippen molar-refractivity contribution < 1.29 is 4.79 Å². The number of carbonyl (C=O) groups is 1. The summed E-state index contributed by atoms with van der Waals surface area (Å²) in [5.41, 5.74) is 3.12. The molecule has 0 aliphatic rings. The van der Waals surface area contributed by atoms with Crippen molar-refractivity contribution in [1.29, 1.82) is 0 Å². The summed E-state index contributed by atoms with van der Waals surface area (Å²) in [5.74, 6) is 0.137. The van der Waals surface area contributed by atoms with Gasteiger partial charge in [0.05, 0.1) is 18.7 Å². The third kappa shape index (κ3) is 5.49. The van der Waals surface area contributed by atoms with Gasteiger partial charge in [-0.2, -0.15) is 5.10 Å². The minimum Gasteiger partial charge on any atom is -0.324 e. The fourth-order valence-electron chi connectivity index (χ4n) is 2.32. The number of Topliss-reactive ketones (excluding diaryl/α,β-unsaturated/α-hetero) is 1. The smallest absolute Gasteiger partial charge is 0.157 e. The van der Waals surface area contributed by atoms with Crippen LogP contribution in [-0.4, -0.2) is 25.1 Å². The molecule has 0 aliphatic heterocycles. The molecule has 0 fully saturated rings. The lowest BCUT2D eigenvalue weighted by Crippen LogP contribution is -2.31. The van der Waals surface area contributed by atoms with Gasteiger partial charge in [0.15, 0.2) is 8.96 Å². The van der Waals surface area contributed by atoms with Crippen molar-refractivity contribution in [3.63, 3.8) is 0 Å². The first-order valence-corrected chi connectivity index (χ1v) is 10.8. The molecule has 0 saturated carbocycles. The topological polar surface area (TPSA) is 32.7 Å². The quantitative estimate of drug-likeness (QED) is 0.440. The average molecular weight is 325 g/mol. The Morgan fingerprint density at radius 3 is 2.09 bits per heavy atom. The molecule has 0 aromatic heterocycles. The van der Waals surface area contributed by atoms with Crippen molar-refractivity contribution in [2.24, 2.45) is 5.10 Å². The molecular formula is C19H24N2OSi. The van der Waals surface area contributed by atoms with Gasteiger partial charge in [-0.1, -0.05) is 73.8 Å². The zero-order valence-corrected chi connectivity index (χ0v) is 15.2. The van der Waals surface area contributed by atoms with Crippen molar-refractivity contribution >= 4 is 20.5 Å². The van der Waals surface area contributed by atoms with Crippen LogP contribution < -0.4 is 0 Å². The number of carbonyl (C=O) groups excluding carboxylic acids is 1. The molecule has 0 atom stereocenters. The predicted octanol–water partition coefficient (Wildman–Crippen LogP) is 3.86. The number of hydrogen-bond donors (Lipinski definition) is 0. The van der Waals surface area contributed by atoms with Gasteiger partial charge in [-0.05, 0) is 18.1 Å². The first-order valence-electron chi connectivity index (χ1n) is 7.99. The summed E-state index contributed by atoms with van der Waals surface area (Å²) in [7, 11) is -1.15. The second kappa shape index (κ2) is 8.43. The lowest BCUT2D eigenvalue weighted by molar-refractivity contribution is -0.115. The average Bonchev–Trinajstić information content (AvgIpc) is 2.54. The van der Waals surface area contributed by atoms with Gasteiger partial charge in [-0.25, -0.2) is 0 Å². The van der Waals surface area contributed by atoms with Gasteiger partial charge in [-0.15, -0.1) is 0 Å². The van der Waals surface area contributed by atoms with Gasteiger partial charge in [-0.3, -0.25) is 4.79 Å². The van der Waals surface area contributed by atoms with E-state index in [2.05, 4.69) is 29.9 Å². The lowest BCUT2D eigenvalue weighted by atomic mass is 10.1. The molecule has 23 heavy (non-hydrogen) atoms. The third-order valence-corrected chi connectivity index (χ3v) is 5.05. The van der Waals surface area contributed by atoms with E-state index in [1.54, 1.807) is 6.92 Å². The van der Waals surface area contributed by atoms with E-state index in [0.29, 0.717) is 6.42 Å². The predicted molar refractivity (Wildman–Crippen MR) is 99.1 cm³/mol. The van der Waals surface area contributed by atoms with E-state index >= 15 is 0 Å². The maximum Gasteiger partial charge on any atom is 0.157 e. The van der Waals surface area contributed by atoms with Crippen LogP contribution in [0.15, 0.2) is 65.8 Å². The molecule has 0 N–H and O–H groups in total. The first-order chi connectivity index (χ1) is 11.1. The largest absolute Gasteiger partial charge is 0.324 e. The molecule has 2 rings (SSSR count). The molecular weight excluding hydrogens is 300 g/mol. The second-order valence-corrected chi connectivity index (χ2v) is 8.75. The van der Waals surface area contributed by atoms with Crippen LogP contribution in [-0.2, 0) is 11.3 Å². The number of hydrazone groups is 1. The molecule has 0 saturated heterocycles. The van der Waals surface area contributed by atoms with Crippen LogP contribution in [0.4, 0.5) is 0 Å². The summed E-state index contributed by atoms with van der Waals surface area (Å²) in [5, 5.41) is 4.87. The van der Waals surface area contributed by atoms with Gasteiger partial charge in [0, 0.05) is 0 Å². The zero-order valence-electron chi connectivity index (χ0n) is 14.1. The zero-order chi connectivity index (χ0) is 16.7. The second-order valence-electron chi connectivity index (χ2n) is 5.97. The lowest BCUT2D eigenvalue weighted by Gasteiger charge is -2.24. The Hall–Kier alpha value is -2.20. The molecule has 2 aromatic rings. The summed E-state index contributed by atoms with van der Waals surface area (Å²) in [6.07, 6.45) is 0.371. The monoisotopic (exact) mass is 324 g/mol. The molecule has 0 unspecified atom stereocenters. The minimum atomic E-state index is -1.15. The van der Waals surface area contributed by atoms with Crippen LogP contribution in [0, 0.1) is 0 Å². The van der Waals surface area contributed by atoms with Crippen LogP contribution in [0.5, 0.6) is 0 Å². The number of benzene rings is 2. The summed E-state index contributed by atoms with van der Waals surface area (Å²) in [6, 6.07) is 20.3. The molecule has 0 bridgehead atoms. The summed E-state index contributed by atoms with van der Waals surface area (Å²) in [4.78, 5) is 11.6. The van der Waals surface area contributed by atoms with Crippen molar-refractivity contribution in [3.8, 4) is 0 Å². The summed E-state index contributed by atoms with van der Waals surface area (Å²) < 4.78 is 2.18. The molecule has 0 spiro atoms. The Labute approximate surface area is 140 Å². The van der Waals surface area contributed by atoms with Gasteiger partial charge in [0.25, 0.3) is 0 Å². The molecule has 0 amide bonds. The molecule has 0 heterocycles. The highest BCUT2D eigenvalue weighted by molar-refractivity contribution is 6.52. The highest BCUT2D eigenvalue weighted by atomic mass is 28.3. The fraction of sp³-hybridized carbons (Fsp3) is 0.263. The Bertz CT molecular complexity index is 654. The molecule has 120 valence electrons. The van der Waals surface area contributed by atoms with E-state index < -0.39 is 8.96 Å². The van der Waals surface area contributed by atoms with E-state index in [1.165, 1.54) is 5.56 Å². The van der Waals surface area contributed by atoms with Gasteiger partial charge >= 0.3 is 0 Å². The Kier molecular flexibility index (Phi) is 6.29. The van der Waals surface area contributed by atoms with E-state index in [9.17, 15) is 4.79 Å². The van der Waals surface area contributed by atoms with E-state index in [4.69, 9.17) is 5.10 Å². The van der Waals surface area contributed by atoms with Crippen LogP contribution in [0.25, 0.3) is 0 Å². The van der Waals surface area contributed by atoms with Gasteiger partial charge in [0.1, 0.15) is 5.78 Å². The van der Waals surface area contributed by atoms with E-state index in [0.717, 1.165) is 17.8 Å². The van der Waals surface area contributed by atoms with Crippen LogP contribution in [0.3, 0.4) is 0 Å². The maximum absolute atomic E-state index is 11.6. The third-order valence-electron chi connectivity index (χ3n) is 3.56. The van der Waals surface area contributed by atoms with E-state index in [1.807, 2.05) is 48.5 Å². The number of nitrogens with zero attached hydrogens (tertiary/aromatic N) is 2. The van der Waals surface area contributed by atoms with Crippen LogP contribution in [0.1, 0.15) is 24.5 Å². The van der Waals surface area contributed by atoms with Gasteiger partial charge < -0.3 is 4.67 Å². The number of rotatable bonds is 7. The Morgan fingerprint density at radius 2 is 1.57 bits per heavy atom. The first kappa shape index (κ1) is 17.2. The van der Waals surface area contributed by atoms with Gasteiger partial charge in [0.2, 0.25) is 0 Å². The molecule has 2 aromatic carbocycles. The highest BCUT2D eigenvalue weighted by Crippen LogP contribution is 2.12. The molecule has 4 heteroatoms. The van der Waals surface area contributed by atoms with Crippen molar-refractivity contribution in [3.05, 3.63) is 71.8 Å². The molecule has 0 aliphatic carbocycles. The minimum absolute atomic E-state index is 0.137.